The summed E-state index contributed by atoms with van der Waals surface area (Å²) in [7, 11) is 0. The van der Waals surface area contributed by atoms with E-state index in [9.17, 15) is 9.90 Å². The third kappa shape index (κ3) is 4.54. The number of para-hydroxylation sites is 1. The van der Waals surface area contributed by atoms with Gasteiger partial charge in [0, 0.05) is 0 Å². The number of benzene rings is 1. The number of hydrogen-bond acceptors (Lipinski definition) is 3. The number of quaternary nitrogens is 1. The number of nitrogens with one attached hydrogen (secondary N) is 1. The lowest BCUT2D eigenvalue weighted by atomic mass is 10.3. The molecule has 0 saturated carbocycles. The van der Waals surface area contributed by atoms with Gasteiger partial charge in [0.05, 0.1) is 26.2 Å². The molecule has 1 aliphatic heterocycles. The fourth-order valence-electron chi connectivity index (χ4n) is 2.25. The molecule has 5 heteroatoms. The predicted molar refractivity (Wildman–Crippen MR) is 71.1 cm³/mol. The van der Waals surface area contributed by atoms with Crippen LogP contribution in [0.15, 0.2) is 30.3 Å². The highest BCUT2D eigenvalue weighted by Gasteiger charge is 2.21. The summed E-state index contributed by atoms with van der Waals surface area (Å²) in [5, 5.41) is 9.96. The van der Waals surface area contributed by atoms with Gasteiger partial charge in [-0.2, -0.15) is 0 Å². The van der Waals surface area contributed by atoms with Crippen LogP contribution < -0.4 is 9.64 Å². The Balaban J connectivity index is 1.67. The van der Waals surface area contributed by atoms with Gasteiger partial charge in [-0.1, -0.05) is 18.2 Å². The summed E-state index contributed by atoms with van der Waals surface area (Å²) < 4.78 is 5.52. The van der Waals surface area contributed by atoms with Gasteiger partial charge in [-0.3, -0.25) is 4.79 Å². The van der Waals surface area contributed by atoms with E-state index in [4.69, 9.17) is 4.74 Å². The second-order valence-corrected chi connectivity index (χ2v) is 4.87. The molecule has 1 fully saturated rings. The van der Waals surface area contributed by atoms with Crippen LogP contribution in [-0.2, 0) is 4.79 Å². The van der Waals surface area contributed by atoms with Gasteiger partial charge in [-0.25, -0.2) is 0 Å². The zero-order chi connectivity index (χ0) is 13.5. The largest absolute Gasteiger partial charge is 0.491 e. The Bertz CT molecular complexity index is 378. The number of aliphatic hydroxyl groups excluding tert-OH is 1. The number of rotatable bonds is 6. The Morgan fingerprint density at radius 2 is 2.00 bits per heavy atom. The molecule has 1 amide bonds. The van der Waals surface area contributed by atoms with Crippen molar-refractivity contribution in [1.29, 1.82) is 0 Å². The normalized spacial score (nSPS) is 18.1. The Labute approximate surface area is 113 Å². The zero-order valence-corrected chi connectivity index (χ0v) is 11.0. The Morgan fingerprint density at radius 3 is 2.63 bits per heavy atom. The molecule has 0 aromatic heterocycles. The van der Waals surface area contributed by atoms with Crippen LogP contribution in [0.3, 0.4) is 0 Å². The summed E-state index contributed by atoms with van der Waals surface area (Å²) in [6.07, 6.45) is 0.420. The lowest BCUT2D eigenvalue weighted by Gasteiger charge is -2.30. The summed E-state index contributed by atoms with van der Waals surface area (Å²) in [5.41, 5.74) is 0. The maximum absolute atomic E-state index is 10.6. The first-order chi connectivity index (χ1) is 9.28. The van der Waals surface area contributed by atoms with E-state index < -0.39 is 6.10 Å². The Kier molecular flexibility index (Phi) is 5.18. The van der Waals surface area contributed by atoms with E-state index >= 15 is 0 Å². The first kappa shape index (κ1) is 13.8. The molecule has 0 radical (unpaired) electrons. The van der Waals surface area contributed by atoms with Crippen LogP contribution in [-0.4, -0.2) is 61.9 Å². The molecule has 1 heterocycles. The maximum atomic E-state index is 10.6. The fourth-order valence-corrected chi connectivity index (χ4v) is 2.25. The van der Waals surface area contributed by atoms with Crippen molar-refractivity contribution in [3.05, 3.63) is 30.3 Å². The molecule has 0 unspecified atom stereocenters. The molecule has 104 valence electrons. The quantitative estimate of drug-likeness (QED) is 0.634. The van der Waals surface area contributed by atoms with E-state index in [0.29, 0.717) is 13.2 Å². The number of carbonyl (C=O) groups excluding carboxylic acids is 1. The molecule has 2 rings (SSSR count). The third-order valence-corrected chi connectivity index (χ3v) is 3.36. The topological polar surface area (TPSA) is 54.2 Å². The molecule has 1 atom stereocenters. The van der Waals surface area contributed by atoms with Gasteiger partial charge in [-0.15, -0.1) is 0 Å². The molecule has 2 N–H and O–H groups in total. The lowest BCUT2D eigenvalue weighted by molar-refractivity contribution is -0.907. The number of ether oxygens (including phenoxy) is 1. The molecule has 0 spiro atoms. The maximum Gasteiger partial charge on any atom is 0.210 e. The number of amides is 1. The zero-order valence-electron chi connectivity index (χ0n) is 11.0. The minimum atomic E-state index is -0.474. The van der Waals surface area contributed by atoms with Crippen molar-refractivity contribution in [3.63, 3.8) is 0 Å². The van der Waals surface area contributed by atoms with Gasteiger partial charge in [0.25, 0.3) is 0 Å². The summed E-state index contributed by atoms with van der Waals surface area (Å²) in [4.78, 5) is 13.7. The van der Waals surface area contributed by atoms with E-state index in [0.717, 1.165) is 38.3 Å². The fraction of sp³-hybridized carbons (Fsp3) is 0.500. The van der Waals surface area contributed by atoms with Crippen molar-refractivity contribution in [1.82, 2.24) is 4.90 Å². The predicted octanol–water partition coefficient (Wildman–Crippen LogP) is -1.22. The molecule has 0 bridgehead atoms. The van der Waals surface area contributed by atoms with Gasteiger partial charge in [0.2, 0.25) is 6.41 Å². The highest BCUT2D eigenvalue weighted by Crippen LogP contribution is 2.08. The SMILES string of the molecule is O=CN1CC[NH+](C[C@@H](O)COc2ccccc2)CC1. The highest BCUT2D eigenvalue weighted by molar-refractivity contribution is 5.46. The van der Waals surface area contributed by atoms with Crippen molar-refractivity contribution >= 4 is 6.41 Å². The van der Waals surface area contributed by atoms with Crippen LogP contribution in [0.25, 0.3) is 0 Å². The van der Waals surface area contributed by atoms with E-state index in [1.54, 1.807) is 4.90 Å². The van der Waals surface area contributed by atoms with Crippen LogP contribution in [0.1, 0.15) is 0 Å². The van der Waals surface area contributed by atoms with Crippen molar-refractivity contribution in [2.24, 2.45) is 0 Å². The number of carbonyl (C=O) groups is 1. The van der Waals surface area contributed by atoms with Gasteiger partial charge >= 0.3 is 0 Å². The van der Waals surface area contributed by atoms with Crippen LogP contribution >= 0.6 is 0 Å². The minimum absolute atomic E-state index is 0.310. The number of hydrogen-bond donors (Lipinski definition) is 2. The molecule has 1 aliphatic rings. The number of piperazine rings is 1. The van der Waals surface area contributed by atoms with Gasteiger partial charge in [-0.05, 0) is 12.1 Å². The molecule has 1 aromatic rings. The van der Waals surface area contributed by atoms with Crippen molar-refractivity contribution in [2.45, 2.75) is 6.10 Å². The Morgan fingerprint density at radius 1 is 1.32 bits per heavy atom. The van der Waals surface area contributed by atoms with Gasteiger partial charge in [0.15, 0.2) is 0 Å². The summed E-state index contributed by atoms with van der Waals surface area (Å²) in [5.74, 6) is 0.780. The standard InChI is InChI=1S/C14H20N2O3/c17-12-16-8-6-15(7-9-16)10-13(18)11-19-14-4-2-1-3-5-14/h1-5,12-13,18H,6-11H2/p+1/t13-/m1/s1. The van der Waals surface area contributed by atoms with Crippen LogP contribution in [0, 0.1) is 0 Å². The third-order valence-electron chi connectivity index (χ3n) is 3.36. The minimum Gasteiger partial charge on any atom is -0.491 e. The summed E-state index contributed by atoms with van der Waals surface area (Å²) >= 11 is 0. The second-order valence-electron chi connectivity index (χ2n) is 4.87. The van der Waals surface area contributed by atoms with E-state index in [2.05, 4.69) is 0 Å². The van der Waals surface area contributed by atoms with E-state index in [1.165, 1.54) is 4.90 Å². The molecule has 19 heavy (non-hydrogen) atoms. The van der Waals surface area contributed by atoms with Crippen molar-refractivity contribution in [2.75, 3.05) is 39.3 Å². The second kappa shape index (κ2) is 7.11. The molecule has 0 aliphatic carbocycles. The smallest absolute Gasteiger partial charge is 0.210 e. The first-order valence-corrected chi connectivity index (χ1v) is 6.67. The van der Waals surface area contributed by atoms with Crippen molar-refractivity contribution in [3.8, 4) is 5.75 Å². The van der Waals surface area contributed by atoms with E-state index in [-0.39, 0.29) is 0 Å². The van der Waals surface area contributed by atoms with E-state index in [1.807, 2.05) is 30.3 Å². The van der Waals surface area contributed by atoms with Crippen LogP contribution in [0.2, 0.25) is 0 Å². The van der Waals surface area contributed by atoms with Gasteiger partial charge in [0.1, 0.15) is 25.0 Å². The number of aliphatic hydroxyl groups is 1. The number of nitrogens with zero attached hydrogens (tertiary/aromatic N) is 1. The molecule has 1 aromatic carbocycles. The van der Waals surface area contributed by atoms with Crippen LogP contribution in [0.4, 0.5) is 0 Å². The highest BCUT2D eigenvalue weighted by atomic mass is 16.5. The average Bonchev–Trinajstić information content (AvgIpc) is 2.47. The first-order valence-electron chi connectivity index (χ1n) is 6.67. The van der Waals surface area contributed by atoms with Crippen molar-refractivity contribution < 1.29 is 19.5 Å². The summed E-state index contributed by atoms with van der Waals surface area (Å²) in [6.45, 7) is 4.29. The van der Waals surface area contributed by atoms with Crippen LogP contribution in [0.5, 0.6) is 5.75 Å². The summed E-state index contributed by atoms with van der Waals surface area (Å²) in [6, 6.07) is 9.50. The molecule has 1 saturated heterocycles. The molecule has 5 nitrogen and oxygen atoms in total. The molecular formula is C14H21N2O3+. The molecular weight excluding hydrogens is 244 g/mol. The monoisotopic (exact) mass is 265 g/mol. The average molecular weight is 265 g/mol. The van der Waals surface area contributed by atoms with Gasteiger partial charge < -0.3 is 19.6 Å². The Hall–Kier alpha value is -1.59. The lowest BCUT2D eigenvalue weighted by Crippen LogP contribution is -3.15.